The number of rotatable bonds is 8. The van der Waals surface area contributed by atoms with Crippen molar-refractivity contribution in [1.82, 2.24) is 9.97 Å². The molecule has 0 bridgehead atoms. The average Bonchev–Trinajstić information content (AvgIpc) is 2.34. The normalized spacial score (nSPS) is 9.95. The molecule has 0 aliphatic heterocycles. The summed E-state index contributed by atoms with van der Waals surface area (Å²) in [5.74, 6) is -0.118. The van der Waals surface area contributed by atoms with Crippen LogP contribution in [0.1, 0.15) is 19.8 Å². The van der Waals surface area contributed by atoms with Crippen LogP contribution in [-0.4, -0.2) is 33.9 Å². The molecule has 0 aromatic carbocycles. The van der Waals surface area contributed by atoms with E-state index in [4.69, 9.17) is 5.73 Å². The molecule has 1 aromatic heterocycles. The van der Waals surface area contributed by atoms with E-state index >= 15 is 0 Å². The zero-order chi connectivity index (χ0) is 14.3. The lowest BCUT2D eigenvalue weighted by molar-refractivity contribution is -0.383. The number of hydrogen-bond acceptors (Lipinski definition) is 7. The van der Waals surface area contributed by atoms with Crippen LogP contribution in [0, 0.1) is 10.1 Å². The second-order valence-electron chi connectivity index (χ2n) is 3.70. The minimum atomic E-state index is -0.547. The molecule has 0 atom stereocenters. The minimum absolute atomic E-state index is 0.125. The van der Waals surface area contributed by atoms with E-state index in [0.717, 1.165) is 0 Å². The molecule has 0 saturated carbocycles. The number of nitrogens with two attached hydrogens (primary N) is 1. The molecule has 0 saturated heterocycles. The summed E-state index contributed by atoms with van der Waals surface area (Å²) in [5.41, 5.74) is 4.80. The summed E-state index contributed by atoms with van der Waals surface area (Å²) in [6, 6.07) is 0. The van der Waals surface area contributed by atoms with Gasteiger partial charge in [-0.25, -0.2) is 9.97 Å². The Hall–Kier alpha value is -2.45. The summed E-state index contributed by atoms with van der Waals surface area (Å²) in [6.45, 7) is 2.69. The largest absolute Gasteiger partial charge is 0.370 e. The van der Waals surface area contributed by atoms with Crippen LogP contribution in [-0.2, 0) is 4.79 Å². The number of nitrogens with one attached hydrogen (secondary N) is 2. The Labute approximate surface area is 109 Å². The standard InChI is InChI=1S/C10H16N6O3/c1-2-12-9-8(16(18)19)10(15-6-14-9)13-5-3-4-7(11)17/h6H,2-5H2,1H3,(H2,11,17)(H2,12,13,14,15). The van der Waals surface area contributed by atoms with E-state index in [1.54, 1.807) is 0 Å². The van der Waals surface area contributed by atoms with E-state index in [1.165, 1.54) is 6.33 Å². The molecule has 19 heavy (non-hydrogen) atoms. The van der Waals surface area contributed by atoms with Gasteiger partial charge >= 0.3 is 5.69 Å². The molecule has 1 rings (SSSR count). The quantitative estimate of drug-likeness (QED) is 0.354. The maximum atomic E-state index is 11.0. The summed E-state index contributed by atoms with van der Waals surface area (Å²) >= 11 is 0. The molecule has 0 aliphatic rings. The number of nitrogens with zero attached hydrogens (tertiary/aromatic N) is 3. The van der Waals surface area contributed by atoms with Gasteiger partial charge in [-0.1, -0.05) is 0 Å². The van der Waals surface area contributed by atoms with Gasteiger partial charge in [-0.05, 0) is 13.3 Å². The van der Waals surface area contributed by atoms with Crippen LogP contribution in [0.5, 0.6) is 0 Å². The number of hydrogen-bond donors (Lipinski definition) is 3. The van der Waals surface area contributed by atoms with Crippen molar-refractivity contribution in [3.05, 3.63) is 16.4 Å². The van der Waals surface area contributed by atoms with Gasteiger partial charge in [-0.2, -0.15) is 0 Å². The minimum Gasteiger partial charge on any atom is -0.370 e. The molecule has 0 spiro atoms. The van der Waals surface area contributed by atoms with Crippen molar-refractivity contribution in [2.24, 2.45) is 5.73 Å². The summed E-state index contributed by atoms with van der Waals surface area (Å²) in [5, 5.41) is 16.6. The summed E-state index contributed by atoms with van der Waals surface area (Å²) in [6.07, 6.45) is 1.93. The lowest BCUT2D eigenvalue weighted by atomic mass is 10.3. The van der Waals surface area contributed by atoms with Gasteiger partial charge in [0.25, 0.3) is 0 Å². The monoisotopic (exact) mass is 268 g/mol. The third kappa shape index (κ3) is 4.37. The smallest absolute Gasteiger partial charge is 0.353 e. The van der Waals surface area contributed by atoms with Crippen LogP contribution in [0.2, 0.25) is 0 Å². The number of aromatic nitrogens is 2. The van der Waals surface area contributed by atoms with Crippen LogP contribution < -0.4 is 16.4 Å². The zero-order valence-electron chi connectivity index (χ0n) is 10.5. The number of nitro groups is 1. The first-order valence-electron chi connectivity index (χ1n) is 5.81. The maximum absolute atomic E-state index is 11.0. The molecule has 1 aromatic rings. The SMILES string of the molecule is CCNc1ncnc(NCCCC(N)=O)c1[N+](=O)[O-]. The Balaban J connectivity index is 2.78. The van der Waals surface area contributed by atoms with Gasteiger partial charge in [-0.15, -0.1) is 0 Å². The fourth-order valence-corrected chi connectivity index (χ4v) is 1.45. The van der Waals surface area contributed by atoms with Gasteiger partial charge in [0, 0.05) is 19.5 Å². The summed E-state index contributed by atoms with van der Waals surface area (Å²) in [4.78, 5) is 28.7. The number of carbonyl (C=O) groups is 1. The fourth-order valence-electron chi connectivity index (χ4n) is 1.45. The van der Waals surface area contributed by atoms with E-state index in [-0.39, 0.29) is 23.7 Å². The number of amides is 1. The summed E-state index contributed by atoms with van der Waals surface area (Å²) < 4.78 is 0. The predicted octanol–water partition coefficient (Wildman–Crippen LogP) is 0.494. The van der Waals surface area contributed by atoms with E-state index < -0.39 is 10.8 Å². The first-order chi connectivity index (χ1) is 9.06. The van der Waals surface area contributed by atoms with Crippen LogP contribution in [0.4, 0.5) is 17.3 Å². The van der Waals surface area contributed by atoms with Gasteiger partial charge in [0.05, 0.1) is 4.92 Å². The highest BCUT2D eigenvalue weighted by Gasteiger charge is 2.22. The van der Waals surface area contributed by atoms with Crippen LogP contribution in [0.25, 0.3) is 0 Å². The highest BCUT2D eigenvalue weighted by molar-refractivity contribution is 5.73. The lowest BCUT2D eigenvalue weighted by Crippen LogP contribution is -2.14. The highest BCUT2D eigenvalue weighted by Crippen LogP contribution is 2.28. The van der Waals surface area contributed by atoms with Crippen molar-refractivity contribution in [3.63, 3.8) is 0 Å². The van der Waals surface area contributed by atoms with E-state index in [1.807, 2.05) is 6.92 Å². The third-order valence-corrected chi connectivity index (χ3v) is 2.24. The molecule has 9 heteroatoms. The summed E-state index contributed by atoms with van der Waals surface area (Å²) in [7, 11) is 0. The molecular formula is C10H16N6O3. The zero-order valence-corrected chi connectivity index (χ0v) is 10.5. The Morgan fingerprint density at radius 1 is 1.42 bits per heavy atom. The Kier molecular flexibility index (Phi) is 5.45. The first kappa shape index (κ1) is 14.6. The molecule has 1 amide bonds. The molecule has 9 nitrogen and oxygen atoms in total. The van der Waals surface area contributed by atoms with Crippen LogP contribution >= 0.6 is 0 Å². The van der Waals surface area contributed by atoms with E-state index in [9.17, 15) is 14.9 Å². The second kappa shape index (κ2) is 7.09. The molecule has 4 N–H and O–H groups in total. The fraction of sp³-hybridized carbons (Fsp3) is 0.500. The lowest BCUT2D eigenvalue weighted by Gasteiger charge is -2.08. The Morgan fingerprint density at radius 3 is 2.58 bits per heavy atom. The molecule has 104 valence electrons. The third-order valence-electron chi connectivity index (χ3n) is 2.24. The highest BCUT2D eigenvalue weighted by atomic mass is 16.6. The molecule has 0 aliphatic carbocycles. The van der Waals surface area contributed by atoms with Crippen molar-refractivity contribution in [2.45, 2.75) is 19.8 Å². The van der Waals surface area contributed by atoms with Crippen molar-refractivity contribution < 1.29 is 9.72 Å². The Bertz CT molecular complexity index is 465. The van der Waals surface area contributed by atoms with E-state index in [2.05, 4.69) is 20.6 Å². The van der Waals surface area contributed by atoms with Gasteiger partial charge < -0.3 is 16.4 Å². The molecule has 0 fully saturated rings. The van der Waals surface area contributed by atoms with Crippen LogP contribution in [0.3, 0.4) is 0 Å². The topological polar surface area (TPSA) is 136 Å². The van der Waals surface area contributed by atoms with Gasteiger partial charge in [0.1, 0.15) is 6.33 Å². The van der Waals surface area contributed by atoms with Crippen molar-refractivity contribution in [2.75, 3.05) is 23.7 Å². The number of anilines is 2. The van der Waals surface area contributed by atoms with Crippen LogP contribution in [0.15, 0.2) is 6.33 Å². The van der Waals surface area contributed by atoms with Gasteiger partial charge in [-0.3, -0.25) is 14.9 Å². The predicted molar refractivity (Wildman–Crippen MR) is 69.8 cm³/mol. The molecule has 1 heterocycles. The van der Waals surface area contributed by atoms with Gasteiger partial charge in [0.15, 0.2) is 0 Å². The molecule has 0 radical (unpaired) electrons. The Morgan fingerprint density at radius 2 is 2.05 bits per heavy atom. The number of primary amides is 1. The maximum Gasteiger partial charge on any atom is 0.353 e. The van der Waals surface area contributed by atoms with Crippen molar-refractivity contribution in [1.29, 1.82) is 0 Å². The first-order valence-corrected chi connectivity index (χ1v) is 5.81. The average molecular weight is 268 g/mol. The van der Waals surface area contributed by atoms with E-state index in [0.29, 0.717) is 19.5 Å². The van der Waals surface area contributed by atoms with Crippen molar-refractivity contribution in [3.8, 4) is 0 Å². The van der Waals surface area contributed by atoms with Gasteiger partial charge in [0.2, 0.25) is 17.5 Å². The molecular weight excluding hydrogens is 252 g/mol. The second-order valence-corrected chi connectivity index (χ2v) is 3.70. The number of carbonyl (C=O) groups excluding carboxylic acids is 1. The molecule has 0 unspecified atom stereocenters. The van der Waals surface area contributed by atoms with Crippen molar-refractivity contribution >= 4 is 23.2 Å².